The van der Waals surface area contributed by atoms with Crippen molar-refractivity contribution in [3.63, 3.8) is 0 Å². The molecule has 2 nitrogen and oxygen atoms in total. The molecule has 0 heterocycles. The van der Waals surface area contributed by atoms with E-state index in [-0.39, 0.29) is 31.5 Å². The lowest BCUT2D eigenvalue weighted by molar-refractivity contribution is -0.137. The fraction of sp³-hybridized carbons (Fsp3) is 0.650. The smallest absolute Gasteiger partial charge is 0.303 e. The van der Waals surface area contributed by atoms with Gasteiger partial charge < -0.3 is 5.11 Å². The van der Waals surface area contributed by atoms with Gasteiger partial charge in [0, 0.05) is 12.8 Å². The average molecular weight is 342 g/mol. The van der Waals surface area contributed by atoms with Gasteiger partial charge in [-0.05, 0) is 57.4 Å². The first-order chi connectivity index (χ1) is 11.6. The first kappa shape index (κ1) is 22.6. The number of aliphatic carboxylic acids is 1. The second-order valence-electron chi connectivity index (χ2n) is 6.01. The summed E-state index contributed by atoms with van der Waals surface area (Å²) in [6, 6.07) is 0. The van der Waals surface area contributed by atoms with Crippen LogP contribution in [0.15, 0.2) is 36.0 Å². The highest BCUT2D eigenvalue weighted by atomic mass is 19.1. The van der Waals surface area contributed by atoms with E-state index in [9.17, 15) is 13.6 Å². The van der Waals surface area contributed by atoms with E-state index in [0.717, 1.165) is 25.7 Å². The molecular weight excluding hydrogens is 310 g/mol. The molecule has 4 heteroatoms. The summed E-state index contributed by atoms with van der Waals surface area (Å²) in [5, 5.41) is 8.45. The summed E-state index contributed by atoms with van der Waals surface area (Å²) in [5.74, 6) is -1.70. The first-order valence-electron chi connectivity index (χ1n) is 9.12. The molecule has 138 valence electrons. The SMILES string of the molecule is CCCCC/C=C/CCCC/C=C(\F)C/C=C(\F)CCCC(=O)O. The fourth-order valence-corrected chi connectivity index (χ4v) is 2.22. The molecule has 0 atom stereocenters. The monoisotopic (exact) mass is 342 g/mol. The van der Waals surface area contributed by atoms with Crippen LogP contribution in [0.3, 0.4) is 0 Å². The Morgan fingerprint density at radius 1 is 0.833 bits per heavy atom. The lowest BCUT2D eigenvalue weighted by atomic mass is 10.1. The van der Waals surface area contributed by atoms with Crippen LogP contribution in [0.4, 0.5) is 8.78 Å². The number of hydrogen-bond acceptors (Lipinski definition) is 1. The van der Waals surface area contributed by atoms with Crippen LogP contribution < -0.4 is 0 Å². The zero-order valence-electron chi connectivity index (χ0n) is 14.9. The van der Waals surface area contributed by atoms with Crippen LogP contribution in [0.2, 0.25) is 0 Å². The maximum atomic E-state index is 13.5. The standard InChI is InChI=1S/C20H32F2O2/c1-2-3-4-5-6-7-8-9-10-11-13-18(21)16-17-19(22)14-12-15-20(23)24/h6-7,13,17H,2-5,8-12,14-16H2,1H3,(H,23,24)/b7-6+,18-13-,19-17-. The van der Waals surface area contributed by atoms with Gasteiger partial charge in [-0.3, -0.25) is 4.79 Å². The Labute approximate surface area is 145 Å². The quantitative estimate of drug-likeness (QED) is 0.256. The van der Waals surface area contributed by atoms with Crippen molar-refractivity contribution in [3.05, 3.63) is 36.0 Å². The zero-order valence-corrected chi connectivity index (χ0v) is 14.9. The Hall–Kier alpha value is -1.45. The molecule has 0 aliphatic carbocycles. The topological polar surface area (TPSA) is 37.3 Å². The first-order valence-corrected chi connectivity index (χ1v) is 9.12. The highest BCUT2D eigenvalue weighted by molar-refractivity contribution is 5.66. The van der Waals surface area contributed by atoms with Gasteiger partial charge in [0.2, 0.25) is 0 Å². The van der Waals surface area contributed by atoms with Crippen LogP contribution in [0, 0.1) is 0 Å². The summed E-state index contributed by atoms with van der Waals surface area (Å²) < 4.78 is 26.8. The zero-order chi connectivity index (χ0) is 18.0. The number of rotatable bonds is 15. The number of carbonyl (C=O) groups is 1. The minimum atomic E-state index is -0.940. The van der Waals surface area contributed by atoms with E-state index in [1.807, 2.05) is 0 Å². The predicted molar refractivity (Wildman–Crippen MR) is 96.2 cm³/mol. The van der Waals surface area contributed by atoms with Crippen molar-refractivity contribution >= 4 is 5.97 Å². The van der Waals surface area contributed by atoms with Crippen LogP contribution in [0.1, 0.15) is 84.0 Å². The summed E-state index contributed by atoms with van der Waals surface area (Å²) in [5.41, 5.74) is 0. The summed E-state index contributed by atoms with van der Waals surface area (Å²) in [4.78, 5) is 10.3. The van der Waals surface area contributed by atoms with Gasteiger partial charge >= 0.3 is 5.97 Å². The molecule has 0 spiro atoms. The Morgan fingerprint density at radius 3 is 2.08 bits per heavy atom. The van der Waals surface area contributed by atoms with Crippen molar-refractivity contribution in [2.45, 2.75) is 84.0 Å². The van der Waals surface area contributed by atoms with E-state index in [1.54, 1.807) is 0 Å². The highest BCUT2D eigenvalue weighted by Gasteiger charge is 2.00. The Bertz CT molecular complexity index is 412. The van der Waals surface area contributed by atoms with Crippen LogP contribution in [-0.4, -0.2) is 11.1 Å². The number of halogens is 2. The minimum Gasteiger partial charge on any atom is -0.481 e. The van der Waals surface area contributed by atoms with Crippen molar-refractivity contribution in [2.75, 3.05) is 0 Å². The van der Waals surface area contributed by atoms with Gasteiger partial charge in [-0.25, -0.2) is 8.78 Å². The predicted octanol–water partition coefficient (Wildman–Crippen LogP) is 7.04. The number of carboxylic acid groups (broad SMARTS) is 1. The molecule has 0 amide bonds. The van der Waals surface area contributed by atoms with Gasteiger partial charge in [0.25, 0.3) is 0 Å². The van der Waals surface area contributed by atoms with Crippen LogP contribution in [0.25, 0.3) is 0 Å². The molecule has 0 fully saturated rings. The largest absolute Gasteiger partial charge is 0.481 e. The van der Waals surface area contributed by atoms with Crippen LogP contribution >= 0.6 is 0 Å². The molecule has 0 rings (SSSR count). The van der Waals surface area contributed by atoms with E-state index < -0.39 is 11.8 Å². The molecule has 1 N–H and O–H groups in total. The Kier molecular flexibility index (Phi) is 15.4. The van der Waals surface area contributed by atoms with E-state index in [4.69, 9.17) is 5.11 Å². The van der Waals surface area contributed by atoms with E-state index >= 15 is 0 Å². The van der Waals surface area contributed by atoms with Crippen molar-refractivity contribution in [3.8, 4) is 0 Å². The van der Waals surface area contributed by atoms with Crippen LogP contribution in [0.5, 0.6) is 0 Å². The molecule has 0 aromatic carbocycles. The van der Waals surface area contributed by atoms with E-state index in [2.05, 4.69) is 19.1 Å². The van der Waals surface area contributed by atoms with Crippen molar-refractivity contribution in [1.82, 2.24) is 0 Å². The summed E-state index contributed by atoms with van der Waals surface area (Å²) in [6.45, 7) is 2.19. The third kappa shape index (κ3) is 16.9. The Morgan fingerprint density at radius 2 is 1.46 bits per heavy atom. The molecule has 0 aromatic rings. The molecule has 0 saturated carbocycles. The lowest BCUT2D eigenvalue weighted by Gasteiger charge is -1.97. The molecule has 0 aromatic heterocycles. The lowest BCUT2D eigenvalue weighted by Crippen LogP contribution is -1.93. The van der Waals surface area contributed by atoms with Gasteiger partial charge in [-0.15, -0.1) is 0 Å². The van der Waals surface area contributed by atoms with Gasteiger partial charge in [-0.1, -0.05) is 38.0 Å². The van der Waals surface area contributed by atoms with Crippen molar-refractivity contribution < 1.29 is 18.7 Å². The Balaban J connectivity index is 3.67. The maximum absolute atomic E-state index is 13.5. The van der Waals surface area contributed by atoms with Crippen molar-refractivity contribution in [1.29, 1.82) is 0 Å². The van der Waals surface area contributed by atoms with E-state index in [1.165, 1.54) is 31.4 Å². The maximum Gasteiger partial charge on any atom is 0.303 e. The van der Waals surface area contributed by atoms with E-state index in [0.29, 0.717) is 6.42 Å². The van der Waals surface area contributed by atoms with Crippen LogP contribution in [-0.2, 0) is 4.79 Å². The molecule has 0 bridgehead atoms. The normalized spacial score (nSPS) is 13.0. The molecule has 0 radical (unpaired) electrons. The third-order valence-electron chi connectivity index (χ3n) is 3.66. The molecule has 0 saturated heterocycles. The summed E-state index contributed by atoms with van der Waals surface area (Å²) >= 11 is 0. The molecule has 24 heavy (non-hydrogen) atoms. The average Bonchev–Trinajstić information content (AvgIpc) is 2.54. The third-order valence-corrected chi connectivity index (χ3v) is 3.66. The fourth-order valence-electron chi connectivity index (χ4n) is 2.22. The second kappa shape index (κ2) is 16.4. The molecule has 0 aliphatic heterocycles. The van der Waals surface area contributed by atoms with Gasteiger partial charge in [-0.2, -0.15) is 0 Å². The van der Waals surface area contributed by atoms with Gasteiger partial charge in [0.15, 0.2) is 0 Å². The summed E-state index contributed by atoms with van der Waals surface area (Å²) in [6.07, 6.45) is 15.9. The number of allylic oxidation sites excluding steroid dienone is 6. The minimum absolute atomic E-state index is 0.0454. The highest BCUT2D eigenvalue weighted by Crippen LogP contribution is 2.14. The number of carboxylic acids is 1. The molecule has 0 unspecified atom stereocenters. The van der Waals surface area contributed by atoms with Crippen molar-refractivity contribution in [2.24, 2.45) is 0 Å². The van der Waals surface area contributed by atoms with Gasteiger partial charge in [0.05, 0.1) is 11.7 Å². The number of hydrogen-bond donors (Lipinski definition) is 1. The van der Waals surface area contributed by atoms with Gasteiger partial charge in [0.1, 0.15) is 0 Å². The molecule has 0 aliphatic rings. The second-order valence-corrected chi connectivity index (χ2v) is 6.01. The number of unbranched alkanes of at least 4 members (excludes halogenated alkanes) is 6. The summed E-state index contributed by atoms with van der Waals surface area (Å²) in [7, 11) is 0. The molecular formula is C20H32F2O2.